The van der Waals surface area contributed by atoms with Crippen molar-refractivity contribution < 1.29 is 9.94 Å². The Morgan fingerprint density at radius 3 is 2.83 bits per heavy atom. The first kappa shape index (κ1) is 12.1. The van der Waals surface area contributed by atoms with Gasteiger partial charge < -0.3 is 9.94 Å². The van der Waals surface area contributed by atoms with Gasteiger partial charge in [-0.1, -0.05) is 24.3 Å². The zero-order chi connectivity index (χ0) is 13.0. The lowest BCUT2D eigenvalue weighted by atomic mass is 10.2. The summed E-state index contributed by atoms with van der Waals surface area (Å²) in [6, 6.07) is 7.68. The van der Waals surface area contributed by atoms with Gasteiger partial charge in [0.2, 0.25) is 0 Å². The standard InChI is InChI=1S/C14H16N2O2/c1-3-6-12-9-13(17)10-16(15-12)18-14-8-5-4-7-11(14)2/h3-10,15,17H,1-2H3. The van der Waals surface area contributed by atoms with Gasteiger partial charge >= 0.3 is 0 Å². The van der Waals surface area contributed by atoms with E-state index in [2.05, 4.69) is 5.43 Å². The third-order valence-corrected chi connectivity index (χ3v) is 2.43. The van der Waals surface area contributed by atoms with E-state index in [4.69, 9.17) is 4.84 Å². The molecule has 1 aromatic carbocycles. The third kappa shape index (κ3) is 2.85. The number of aryl methyl sites for hydroxylation is 1. The fraction of sp³-hybridized carbons (Fsp3) is 0.143. The van der Waals surface area contributed by atoms with E-state index in [1.807, 2.05) is 50.3 Å². The highest BCUT2D eigenvalue weighted by molar-refractivity contribution is 5.32. The Bertz CT molecular complexity index is 518. The molecule has 0 saturated heterocycles. The monoisotopic (exact) mass is 244 g/mol. The first-order valence-electron chi connectivity index (χ1n) is 5.73. The van der Waals surface area contributed by atoms with Crippen LogP contribution in [0.25, 0.3) is 0 Å². The van der Waals surface area contributed by atoms with E-state index in [1.165, 1.54) is 11.4 Å². The quantitative estimate of drug-likeness (QED) is 0.858. The summed E-state index contributed by atoms with van der Waals surface area (Å²) >= 11 is 0. The lowest BCUT2D eigenvalue weighted by Gasteiger charge is -2.26. The van der Waals surface area contributed by atoms with Crippen LogP contribution in [0.1, 0.15) is 12.5 Å². The van der Waals surface area contributed by atoms with Crippen molar-refractivity contribution in [2.24, 2.45) is 0 Å². The molecule has 0 amide bonds. The molecule has 2 N–H and O–H groups in total. The van der Waals surface area contributed by atoms with Crippen LogP contribution in [-0.2, 0) is 0 Å². The number of benzene rings is 1. The average Bonchev–Trinajstić information content (AvgIpc) is 2.32. The Balaban J connectivity index is 2.13. The van der Waals surface area contributed by atoms with Crippen molar-refractivity contribution in [3.8, 4) is 5.75 Å². The lowest BCUT2D eigenvalue weighted by Crippen LogP contribution is -2.37. The highest BCUT2D eigenvalue weighted by Crippen LogP contribution is 2.19. The van der Waals surface area contributed by atoms with E-state index in [1.54, 1.807) is 6.08 Å². The molecule has 0 saturated carbocycles. The highest BCUT2D eigenvalue weighted by atomic mass is 16.7. The van der Waals surface area contributed by atoms with Crippen LogP contribution in [0, 0.1) is 6.92 Å². The molecule has 1 aliphatic heterocycles. The maximum absolute atomic E-state index is 9.61. The molecule has 0 spiro atoms. The summed E-state index contributed by atoms with van der Waals surface area (Å²) in [5.74, 6) is 0.867. The van der Waals surface area contributed by atoms with Crippen molar-refractivity contribution in [2.75, 3.05) is 0 Å². The highest BCUT2D eigenvalue weighted by Gasteiger charge is 2.11. The fourth-order valence-electron chi connectivity index (χ4n) is 1.59. The summed E-state index contributed by atoms with van der Waals surface area (Å²) < 4.78 is 0. The number of aliphatic hydroxyl groups is 1. The SMILES string of the molecule is CC=CC1=CC(O)=CN(Oc2ccccc2C)N1. The normalized spacial score (nSPS) is 15.1. The molecule has 94 valence electrons. The minimum absolute atomic E-state index is 0.135. The Kier molecular flexibility index (Phi) is 3.57. The molecular formula is C14H16N2O2. The number of rotatable bonds is 3. The first-order valence-corrected chi connectivity index (χ1v) is 5.73. The van der Waals surface area contributed by atoms with Gasteiger partial charge in [0.1, 0.15) is 12.0 Å². The summed E-state index contributed by atoms with van der Waals surface area (Å²) in [5.41, 5.74) is 4.79. The van der Waals surface area contributed by atoms with Gasteiger partial charge in [-0.15, -0.1) is 5.17 Å². The van der Waals surface area contributed by atoms with Gasteiger partial charge in [0.15, 0.2) is 5.75 Å². The predicted molar refractivity (Wildman–Crippen MR) is 70.4 cm³/mol. The summed E-state index contributed by atoms with van der Waals surface area (Å²) in [6.07, 6.45) is 6.82. The maximum atomic E-state index is 9.61. The van der Waals surface area contributed by atoms with Gasteiger partial charge in [0, 0.05) is 6.08 Å². The molecule has 0 aliphatic carbocycles. The third-order valence-electron chi connectivity index (χ3n) is 2.43. The number of para-hydroxylation sites is 1. The Morgan fingerprint density at radius 2 is 2.11 bits per heavy atom. The number of hydrogen-bond donors (Lipinski definition) is 2. The van der Waals surface area contributed by atoms with E-state index in [9.17, 15) is 5.11 Å². The van der Waals surface area contributed by atoms with Crippen molar-refractivity contribution in [1.82, 2.24) is 10.6 Å². The zero-order valence-corrected chi connectivity index (χ0v) is 10.4. The molecule has 0 unspecified atom stereocenters. The number of hydrazine groups is 1. The Morgan fingerprint density at radius 1 is 1.33 bits per heavy atom. The molecule has 0 fully saturated rings. The second-order valence-corrected chi connectivity index (χ2v) is 3.95. The van der Waals surface area contributed by atoms with Crippen LogP contribution in [0.4, 0.5) is 0 Å². The molecular weight excluding hydrogens is 228 g/mol. The molecule has 1 aromatic rings. The van der Waals surface area contributed by atoms with E-state index in [-0.39, 0.29) is 5.76 Å². The van der Waals surface area contributed by atoms with Crippen LogP contribution >= 0.6 is 0 Å². The van der Waals surface area contributed by atoms with Gasteiger partial charge in [-0.05, 0) is 31.6 Å². The minimum Gasteiger partial charge on any atom is -0.506 e. The number of aliphatic hydroxyl groups excluding tert-OH is 1. The number of nitrogens with zero attached hydrogens (tertiary/aromatic N) is 1. The number of hydroxylamine groups is 1. The van der Waals surface area contributed by atoms with Gasteiger partial charge in [-0.2, -0.15) is 0 Å². The van der Waals surface area contributed by atoms with Crippen molar-refractivity contribution in [2.45, 2.75) is 13.8 Å². The van der Waals surface area contributed by atoms with Crippen LogP contribution in [0.15, 0.2) is 60.1 Å². The minimum atomic E-state index is 0.135. The second kappa shape index (κ2) is 5.31. The molecule has 1 heterocycles. The predicted octanol–water partition coefficient (Wildman–Crippen LogP) is 2.97. The largest absolute Gasteiger partial charge is 0.506 e. The average molecular weight is 244 g/mol. The smallest absolute Gasteiger partial charge is 0.160 e. The molecule has 4 nitrogen and oxygen atoms in total. The van der Waals surface area contributed by atoms with Crippen molar-refractivity contribution in [3.05, 3.63) is 65.7 Å². The number of allylic oxidation sites excluding steroid dienone is 3. The molecule has 0 bridgehead atoms. The molecule has 0 radical (unpaired) electrons. The van der Waals surface area contributed by atoms with Crippen LogP contribution in [0.5, 0.6) is 5.75 Å². The molecule has 4 heteroatoms. The van der Waals surface area contributed by atoms with Crippen LogP contribution in [0.2, 0.25) is 0 Å². The van der Waals surface area contributed by atoms with Gasteiger partial charge in [-0.3, -0.25) is 5.43 Å². The zero-order valence-electron chi connectivity index (χ0n) is 10.4. The molecule has 0 atom stereocenters. The Hall–Kier alpha value is -2.36. The molecule has 18 heavy (non-hydrogen) atoms. The van der Waals surface area contributed by atoms with E-state index < -0.39 is 0 Å². The van der Waals surface area contributed by atoms with Crippen LogP contribution in [0.3, 0.4) is 0 Å². The topological polar surface area (TPSA) is 44.7 Å². The lowest BCUT2D eigenvalue weighted by molar-refractivity contribution is -0.0505. The summed E-state index contributed by atoms with van der Waals surface area (Å²) in [4.78, 5) is 5.64. The summed E-state index contributed by atoms with van der Waals surface area (Å²) in [5, 5.41) is 11.0. The number of nitrogens with one attached hydrogen (secondary N) is 1. The van der Waals surface area contributed by atoms with Gasteiger partial charge in [0.05, 0.1) is 5.70 Å². The van der Waals surface area contributed by atoms with Crippen molar-refractivity contribution in [3.63, 3.8) is 0 Å². The number of hydrogen-bond acceptors (Lipinski definition) is 4. The maximum Gasteiger partial charge on any atom is 0.160 e. The summed E-state index contributed by atoms with van der Waals surface area (Å²) in [6.45, 7) is 3.87. The Labute approximate surface area is 106 Å². The van der Waals surface area contributed by atoms with Crippen LogP contribution < -0.4 is 10.3 Å². The second-order valence-electron chi connectivity index (χ2n) is 3.95. The molecule has 0 aromatic heterocycles. The first-order chi connectivity index (χ1) is 8.69. The van der Waals surface area contributed by atoms with Gasteiger partial charge in [0.25, 0.3) is 0 Å². The van der Waals surface area contributed by atoms with Crippen molar-refractivity contribution in [1.29, 1.82) is 0 Å². The van der Waals surface area contributed by atoms with E-state index in [0.29, 0.717) is 0 Å². The van der Waals surface area contributed by atoms with E-state index in [0.717, 1.165) is 17.0 Å². The van der Waals surface area contributed by atoms with Gasteiger partial charge in [-0.25, -0.2) is 0 Å². The van der Waals surface area contributed by atoms with E-state index >= 15 is 0 Å². The molecule has 1 aliphatic rings. The van der Waals surface area contributed by atoms with Crippen LogP contribution in [-0.4, -0.2) is 10.3 Å². The molecule has 2 rings (SSSR count). The fourth-order valence-corrected chi connectivity index (χ4v) is 1.59. The van der Waals surface area contributed by atoms with Crippen molar-refractivity contribution >= 4 is 0 Å². The summed E-state index contributed by atoms with van der Waals surface area (Å²) in [7, 11) is 0.